The van der Waals surface area contributed by atoms with Gasteiger partial charge in [0.05, 0.1) is 6.10 Å². The van der Waals surface area contributed by atoms with E-state index in [-0.39, 0.29) is 11.0 Å². The van der Waals surface area contributed by atoms with Gasteiger partial charge in [0, 0.05) is 10.8 Å². The van der Waals surface area contributed by atoms with Crippen LogP contribution in [0.4, 0.5) is 0 Å². The van der Waals surface area contributed by atoms with Crippen molar-refractivity contribution < 1.29 is 17.7 Å². The molecule has 0 bridgehead atoms. The molecule has 0 aliphatic carbocycles. The summed E-state index contributed by atoms with van der Waals surface area (Å²) in [6.45, 7) is 3.79. The van der Waals surface area contributed by atoms with Crippen molar-refractivity contribution in [1.29, 1.82) is 0 Å². The van der Waals surface area contributed by atoms with Crippen molar-refractivity contribution in [2.24, 2.45) is 0 Å². The fourth-order valence-electron chi connectivity index (χ4n) is 1.83. The van der Waals surface area contributed by atoms with Crippen molar-refractivity contribution >= 4 is 20.9 Å². The molecule has 18 heavy (non-hydrogen) atoms. The fourth-order valence-corrected chi connectivity index (χ4v) is 2.52. The summed E-state index contributed by atoms with van der Waals surface area (Å²) < 4.78 is 37.4. The molecule has 0 saturated heterocycles. The summed E-state index contributed by atoms with van der Waals surface area (Å²) in [6.07, 6.45) is -0.00927. The van der Waals surface area contributed by atoms with Crippen molar-refractivity contribution in [3.05, 3.63) is 36.4 Å². The Bertz CT molecular complexity index is 674. The summed E-state index contributed by atoms with van der Waals surface area (Å²) in [7, 11) is -4.23. The first-order valence-electron chi connectivity index (χ1n) is 5.55. The highest BCUT2D eigenvalue weighted by atomic mass is 32.2. The van der Waals surface area contributed by atoms with E-state index in [4.69, 9.17) is 4.74 Å². The van der Waals surface area contributed by atoms with Crippen molar-refractivity contribution in [3.63, 3.8) is 0 Å². The molecule has 0 aliphatic rings. The standard InChI is InChI=1S/C13H14O4S/c1-9(2)17-12-7-8-13(18(14,15)16)11-6-4-3-5-10(11)12/h3-9H,1-2H3,(H,14,15,16). The van der Waals surface area contributed by atoms with Crippen LogP contribution in [0.2, 0.25) is 0 Å². The van der Waals surface area contributed by atoms with Crippen LogP contribution in [-0.4, -0.2) is 19.1 Å². The predicted octanol–water partition coefficient (Wildman–Crippen LogP) is 2.87. The SMILES string of the molecule is CC(C)Oc1ccc(S(=O)(=O)O)c2ccccc12. The third kappa shape index (κ3) is 2.47. The van der Waals surface area contributed by atoms with Crippen LogP contribution in [-0.2, 0) is 10.1 Å². The second kappa shape index (κ2) is 4.59. The van der Waals surface area contributed by atoms with Crippen LogP contribution >= 0.6 is 0 Å². The Morgan fingerprint density at radius 1 is 1.06 bits per heavy atom. The molecule has 0 aromatic heterocycles. The van der Waals surface area contributed by atoms with Gasteiger partial charge in [-0.3, -0.25) is 4.55 Å². The Labute approximate surface area is 106 Å². The highest BCUT2D eigenvalue weighted by molar-refractivity contribution is 7.86. The van der Waals surface area contributed by atoms with E-state index >= 15 is 0 Å². The zero-order chi connectivity index (χ0) is 13.3. The molecule has 0 fully saturated rings. The zero-order valence-corrected chi connectivity index (χ0v) is 10.9. The first kappa shape index (κ1) is 12.9. The molecular weight excluding hydrogens is 252 g/mol. The lowest BCUT2D eigenvalue weighted by Crippen LogP contribution is -2.07. The van der Waals surface area contributed by atoms with Gasteiger partial charge in [-0.05, 0) is 26.0 Å². The lowest BCUT2D eigenvalue weighted by Gasteiger charge is -2.13. The first-order chi connectivity index (χ1) is 8.39. The molecule has 2 aromatic carbocycles. The fraction of sp³-hybridized carbons (Fsp3) is 0.231. The van der Waals surface area contributed by atoms with Gasteiger partial charge in [0.1, 0.15) is 10.6 Å². The van der Waals surface area contributed by atoms with Crippen LogP contribution in [0.5, 0.6) is 5.75 Å². The van der Waals surface area contributed by atoms with Gasteiger partial charge in [0.15, 0.2) is 0 Å². The lowest BCUT2D eigenvalue weighted by atomic mass is 10.1. The molecule has 4 nitrogen and oxygen atoms in total. The Balaban J connectivity index is 2.74. The summed E-state index contributed by atoms with van der Waals surface area (Å²) in [5.41, 5.74) is 0. The van der Waals surface area contributed by atoms with E-state index in [0.717, 1.165) is 0 Å². The first-order valence-corrected chi connectivity index (χ1v) is 6.99. The molecule has 1 N–H and O–H groups in total. The summed E-state index contributed by atoms with van der Waals surface area (Å²) in [5.74, 6) is 0.605. The minimum absolute atomic E-state index is 0.00927. The van der Waals surface area contributed by atoms with Crippen molar-refractivity contribution in [2.45, 2.75) is 24.8 Å². The van der Waals surface area contributed by atoms with Crippen LogP contribution in [0.25, 0.3) is 10.8 Å². The van der Waals surface area contributed by atoms with E-state index in [0.29, 0.717) is 16.5 Å². The molecule has 0 spiro atoms. The second-order valence-electron chi connectivity index (χ2n) is 4.25. The van der Waals surface area contributed by atoms with E-state index in [2.05, 4.69) is 0 Å². The molecule has 0 atom stereocenters. The number of ether oxygens (including phenoxy) is 1. The zero-order valence-electron chi connectivity index (χ0n) is 10.1. The number of hydrogen-bond acceptors (Lipinski definition) is 3. The number of rotatable bonds is 3. The summed E-state index contributed by atoms with van der Waals surface area (Å²) in [5, 5.41) is 1.12. The molecule has 0 aliphatic heterocycles. The van der Waals surface area contributed by atoms with Gasteiger partial charge in [0.25, 0.3) is 10.1 Å². The summed E-state index contributed by atoms with van der Waals surface area (Å²) >= 11 is 0. The Morgan fingerprint density at radius 2 is 1.67 bits per heavy atom. The van der Waals surface area contributed by atoms with E-state index < -0.39 is 10.1 Å². The molecule has 0 saturated carbocycles. The lowest BCUT2D eigenvalue weighted by molar-refractivity contribution is 0.245. The molecule has 0 heterocycles. The molecule has 5 heteroatoms. The Hall–Kier alpha value is -1.59. The third-order valence-corrected chi connectivity index (χ3v) is 3.40. The number of hydrogen-bond donors (Lipinski definition) is 1. The maximum absolute atomic E-state index is 11.3. The van der Waals surface area contributed by atoms with Crippen LogP contribution in [0.1, 0.15) is 13.8 Å². The maximum Gasteiger partial charge on any atom is 0.295 e. The van der Waals surface area contributed by atoms with Crippen molar-refractivity contribution in [1.82, 2.24) is 0 Å². The maximum atomic E-state index is 11.3. The van der Waals surface area contributed by atoms with Crippen LogP contribution < -0.4 is 4.74 Å². The molecular formula is C13H14O4S. The molecule has 0 amide bonds. The molecule has 0 radical (unpaired) electrons. The largest absolute Gasteiger partial charge is 0.490 e. The number of benzene rings is 2. The van der Waals surface area contributed by atoms with E-state index in [1.54, 1.807) is 30.3 Å². The normalized spacial score (nSPS) is 12.0. The monoisotopic (exact) mass is 266 g/mol. The van der Waals surface area contributed by atoms with Gasteiger partial charge in [0.2, 0.25) is 0 Å². The topological polar surface area (TPSA) is 63.6 Å². The molecule has 2 rings (SSSR count). The minimum Gasteiger partial charge on any atom is -0.490 e. The van der Waals surface area contributed by atoms with Gasteiger partial charge >= 0.3 is 0 Å². The van der Waals surface area contributed by atoms with Gasteiger partial charge in [-0.1, -0.05) is 24.3 Å². The van der Waals surface area contributed by atoms with Crippen LogP contribution in [0, 0.1) is 0 Å². The van der Waals surface area contributed by atoms with Crippen molar-refractivity contribution in [3.8, 4) is 5.75 Å². The molecule has 2 aromatic rings. The predicted molar refractivity (Wildman–Crippen MR) is 69.5 cm³/mol. The summed E-state index contributed by atoms with van der Waals surface area (Å²) in [4.78, 5) is -0.103. The van der Waals surface area contributed by atoms with Crippen molar-refractivity contribution in [2.75, 3.05) is 0 Å². The van der Waals surface area contributed by atoms with Crippen LogP contribution in [0.3, 0.4) is 0 Å². The summed E-state index contributed by atoms with van der Waals surface area (Å²) in [6, 6.07) is 9.84. The molecule has 0 unspecified atom stereocenters. The van der Waals surface area contributed by atoms with E-state index in [1.165, 1.54) is 6.07 Å². The molecule has 96 valence electrons. The third-order valence-electron chi connectivity index (χ3n) is 2.48. The van der Waals surface area contributed by atoms with Crippen LogP contribution in [0.15, 0.2) is 41.3 Å². The average Bonchev–Trinajstić information content (AvgIpc) is 2.27. The van der Waals surface area contributed by atoms with Gasteiger partial charge in [-0.15, -0.1) is 0 Å². The Kier molecular flexibility index (Phi) is 3.28. The highest BCUT2D eigenvalue weighted by Crippen LogP contribution is 2.31. The van der Waals surface area contributed by atoms with E-state index in [9.17, 15) is 13.0 Å². The van der Waals surface area contributed by atoms with Gasteiger partial charge in [-0.2, -0.15) is 8.42 Å². The Morgan fingerprint density at radius 3 is 2.22 bits per heavy atom. The smallest absolute Gasteiger partial charge is 0.295 e. The highest BCUT2D eigenvalue weighted by Gasteiger charge is 2.16. The van der Waals surface area contributed by atoms with E-state index in [1.807, 2.05) is 13.8 Å². The minimum atomic E-state index is -4.23. The number of fused-ring (bicyclic) bond motifs is 1. The average molecular weight is 266 g/mol. The van der Waals surface area contributed by atoms with Gasteiger partial charge < -0.3 is 4.74 Å². The van der Waals surface area contributed by atoms with Gasteiger partial charge in [-0.25, -0.2) is 0 Å². The second-order valence-corrected chi connectivity index (χ2v) is 5.64. The quantitative estimate of drug-likeness (QED) is 0.868.